The minimum absolute atomic E-state index is 0.386. The Kier molecular flexibility index (Phi) is 1.83. The van der Waals surface area contributed by atoms with Crippen LogP contribution < -0.4 is 0 Å². The Labute approximate surface area is 89.4 Å². The largest absolute Gasteiger partial charge is 0.390 e. The van der Waals surface area contributed by atoms with Gasteiger partial charge < -0.3 is 5.11 Å². The van der Waals surface area contributed by atoms with E-state index in [9.17, 15) is 5.11 Å². The second-order valence-corrected chi connectivity index (χ2v) is 4.58. The maximum Gasteiger partial charge on any atom is 0.0690 e. The van der Waals surface area contributed by atoms with Gasteiger partial charge in [-0.1, -0.05) is 42.5 Å². The lowest BCUT2D eigenvalue weighted by molar-refractivity contribution is 0.151. The lowest BCUT2D eigenvalue weighted by atomic mass is 10.0. The third kappa shape index (κ3) is 1.75. The van der Waals surface area contributed by atoms with E-state index in [1.165, 1.54) is 16.3 Å². The highest BCUT2D eigenvalue weighted by molar-refractivity contribution is 5.83. The predicted molar refractivity (Wildman–Crippen MR) is 61.8 cm³/mol. The molecule has 0 aliphatic heterocycles. The number of aliphatic hydroxyl groups is 1. The van der Waals surface area contributed by atoms with Crippen molar-refractivity contribution in [1.29, 1.82) is 0 Å². The van der Waals surface area contributed by atoms with Gasteiger partial charge in [-0.05, 0) is 29.2 Å². The number of hydrogen-bond donors (Lipinski definition) is 1. The van der Waals surface area contributed by atoms with E-state index in [1.807, 2.05) is 0 Å². The number of hydrogen-bond acceptors (Lipinski definition) is 1. The van der Waals surface area contributed by atoms with Crippen molar-refractivity contribution in [1.82, 2.24) is 0 Å². The van der Waals surface area contributed by atoms with Crippen molar-refractivity contribution in [2.24, 2.45) is 0 Å². The molecular formula is C14H14O. The zero-order valence-corrected chi connectivity index (χ0v) is 8.61. The van der Waals surface area contributed by atoms with Crippen molar-refractivity contribution in [3.8, 4) is 0 Å². The monoisotopic (exact) mass is 198 g/mol. The van der Waals surface area contributed by atoms with Crippen LogP contribution in [-0.4, -0.2) is 10.7 Å². The van der Waals surface area contributed by atoms with Crippen LogP contribution in [0.15, 0.2) is 42.5 Å². The van der Waals surface area contributed by atoms with Crippen LogP contribution in [-0.2, 0) is 6.42 Å². The summed E-state index contributed by atoms with van der Waals surface area (Å²) in [6, 6.07) is 14.8. The molecule has 1 fully saturated rings. The topological polar surface area (TPSA) is 20.2 Å². The Morgan fingerprint density at radius 3 is 2.47 bits per heavy atom. The van der Waals surface area contributed by atoms with Gasteiger partial charge in [0, 0.05) is 6.42 Å². The Morgan fingerprint density at radius 1 is 1.00 bits per heavy atom. The Morgan fingerprint density at radius 2 is 1.73 bits per heavy atom. The molecule has 15 heavy (non-hydrogen) atoms. The van der Waals surface area contributed by atoms with E-state index in [0.29, 0.717) is 0 Å². The summed E-state index contributed by atoms with van der Waals surface area (Å²) in [7, 11) is 0. The highest BCUT2D eigenvalue weighted by Crippen LogP contribution is 2.38. The van der Waals surface area contributed by atoms with Gasteiger partial charge in [0.15, 0.2) is 0 Å². The summed E-state index contributed by atoms with van der Waals surface area (Å²) in [6.45, 7) is 0. The van der Waals surface area contributed by atoms with E-state index in [1.54, 1.807) is 0 Å². The van der Waals surface area contributed by atoms with Crippen molar-refractivity contribution in [3.63, 3.8) is 0 Å². The third-order valence-corrected chi connectivity index (χ3v) is 3.17. The van der Waals surface area contributed by atoms with Gasteiger partial charge in [-0.3, -0.25) is 0 Å². The van der Waals surface area contributed by atoms with Crippen molar-refractivity contribution >= 4 is 10.8 Å². The van der Waals surface area contributed by atoms with Gasteiger partial charge in [-0.15, -0.1) is 0 Å². The highest BCUT2D eigenvalue weighted by atomic mass is 16.3. The van der Waals surface area contributed by atoms with Crippen molar-refractivity contribution in [3.05, 3.63) is 48.0 Å². The molecule has 2 aromatic rings. The summed E-state index contributed by atoms with van der Waals surface area (Å²) in [4.78, 5) is 0. The lowest BCUT2D eigenvalue weighted by Crippen LogP contribution is -2.10. The zero-order chi connectivity index (χ0) is 10.3. The number of rotatable bonds is 2. The first-order chi connectivity index (χ1) is 7.25. The average Bonchev–Trinajstić information content (AvgIpc) is 2.96. The molecule has 0 spiro atoms. The molecule has 3 rings (SSSR count). The van der Waals surface area contributed by atoms with E-state index in [4.69, 9.17) is 0 Å². The lowest BCUT2D eigenvalue weighted by Gasteiger charge is -2.08. The molecule has 0 aromatic heterocycles. The normalized spacial score (nSPS) is 17.9. The minimum Gasteiger partial charge on any atom is -0.390 e. The summed E-state index contributed by atoms with van der Waals surface area (Å²) in [5.74, 6) is 0. The molecule has 1 N–H and O–H groups in total. The molecule has 0 unspecified atom stereocenters. The molecule has 1 aliphatic carbocycles. The molecule has 2 aromatic carbocycles. The standard InChI is InChI=1S/C14H14O/c15-14(7-8-14)10-11-5-6-12-3-1-2-4-13(12)9-11/h1-6,9,15H,7-8,10H2. The molecule has 1 heteroatoms. The second-order valence-electron chi connectivity index (χ2n) is 4.58. The van der Waals surface area contributed by atoms with Crippen LogP contribution in [0, 0.1) is 0 Å². The molecule has 0 bridgehead atoms. The zero-order valence-electron chi connectivity index (χ0n) is 8.61. The molecule has 0 amide bonds. The summed E-state index contributed by atoms with van der Waals surface area (Å²) in [6.07, 6.45) is 2.72. The summed E-state index contributed by atoms with van der Waals surface area (Å²) >= 11 is 0. The Bertz CT molecular complexity index is 497. The third-order valence-electron chi connectivity index (χ3n) is 3.17. The maximum absolute atomic E-state index is 9.85. The first-order valence-corrected chi connectivity index (χ1v) is 5.45. The molecule has 0 atom stereocenters. The molecule has 0 radical (unpaired) electrons. The van der Waals surface area contributed by atoms with Gasteiger partial charge in [0.1, 0.15) is 0 Å². The number of fused-ring (bicyclic) bond motifs is 1. The van der Waals surface area contributed by atoms with Crippen LogP contribution in [0.25, 0.3) is 10.8 Å². The predicted octanol–water partition coefficient (Wildman–Crippen LogP) is 2.91. The average molecular weight is 198 g/mol. The fourth-order valence-electron chi connectivity index (χ4n) is 2.05. The molecule has 1 aliphatic rings. The van der Waals surface area contributed by atoms with Crippen LogP contribution in [0.2, 0.25) is 0 Å². The van der Waals surface area contributed by atoms with E-state index < -0.39 is 0 Å². The minimum atomic E-state index is -0.386. The quantitative estimate of drug-likeness (QED) is 0.786. The Balaban J connectivity index is 1.99. The SMILES string of the molecule is OC1(Cc2ccc3ccccc3c2)CC1. The van der Waals surface area contributed by atoms with E-state index >= 15 is 0 Å². The van der Waals surface area contributed by atoms with E-state index in [2.05, 4.69) is 42.5 Å². The van der Waals surface area contributed by atoms with Crippen LogP contribution in [0.3, 0.4) is 0 Å². The second kappa shape index (κ2) is 3.07. The number of benzene rings is 2. The fourth-order valence-corrected chi connectivity index (χ4v) is 2.05. The van der Waals surface area contributed by atoms with Crippen molar-refractivity contribution < 1.29 is 5.11 Å². The van der Waals surface area contributed by atoms with Gasteiger partial charge in [-0.25, -0.2) is 0 Å². The summed E-state index contributed by atoms with van der Waals surface area (Å²) in [5.41, 5.74) is 0.858. The van der Waals surface area contributed by atoms with E-state index in [0.717, 1.165) is 19.3 Å². The smallest absolute Gasteiger partial charge is 0.0690 e. The van der Waals surface area contributed by atoms with Crippen LogP contribution >= 0.6 is 0 Å². The van der Waals surface area contributed by atoms with Gasteiger partial charge in [-0.2, -0.15) is 0 Å². The van der Waals surface area contributed by atoms with Gasteiger partial charge in [0.05, 0.1) is 5.60 Å². The molecule has 0 heterocycles. The Hall–Kier alpha value is -1.34. The fraction of sp³-hybridized carbons (Fsp3) is 0.286. The summed E-state index contributed by atoms with van der Waals surface area (Å²) in [5, 5.41) is 12.4. The molecule has 76 valence electrons. The van der Waals surface area contributed by atoms with Crippen molar-refractivity contribution in [2.75, 3.05) is 0 Å². The molecule has 0 saturated heterocycles. The summed E-state index contributed by atoms with van der Waals surface area (Å²) < 4.78 is 0. The molecule has 1 saturated carbocycles. The first-order valence-electron chi connectivity index (χ1n) is 5.45. The van der Waals surface area contributed by atoms with Crippen LogP contribution in [0.1, 0.15) is 18.4 Å². The van der Waals surface area contributed by atoms with E-state index in [-0.39, 0.29) is 5.60 Å². The van der Waals surface area contributed by atoms with Crippen LogP contribution in [0.5, 0.6) is 0 Å². The molecule has 1 nitrogen and oxygen atoms in total. The van der Waals surface area contributed by atoms with Crippen molar-refractivity contribution in [2.45, 2.75) is 24.9 Å². The molecular weight excluding hydrogens is 184 g/mol. The van der Waals surface area contributed by atoms with Gasteiger partial charge in [0.2, 0.25) is 0 Å². The van der Waals surface area contributed by atoms with Gasteiger partial charge >= 0.3 is 0 Å². The first kappa shape index (κ1) is 8.93. The maximum atomic E-state index is 9.85. The van der Waals surface area contributed by atoms with Crippen LogP contribution in [0.4, 0.5) is 0 Å². The van der Waals surface area contributed by atoms with Gasteiger partial charge in [0.25, 0.3) is 0 Å². The highest BCUT2D eigenvalue weighted by Gasteiger charge is 2.39.